The maximum absolute atomic E-state index is 12.2. The van der Waals surface area contributed by atoms with Crippen LogP contribution < -0.4 is 5.32 Å². The molecule has 14 nitrogen and oxygen atoms in total. The van der Waals surface area contributed by atoms with Gasteiger partial charge in [0.15, 0.2) is 23.1 Å². The summed E-state index contributed by atoms with van der Waals surface area (Å²) in [6.07, 6.45) is 28.0. The number of unbranched alkanes of at least 4 members (excludes halogenated alkanes) is 18. The normalized spacial score (nSPS) is 13.1. The van der Waals surface area contributed by atoms with E-state index < -0.39 is 23.2 Å². The van der Waals surface area contributed by atoms with Crippen LogP contribution in [0.3, 0.4) is 0 Å². The van der Waals surface area contributed by atoms with E-state index in [1.807, 2.05) is 6.07 Å². The molecule has 0 unspecified atom stereocenters. The minimum atomic E-state index is -0.638. The van der Waals surface area contributed by atoms with Gasteiger partial charge in [-0.3, -0.25) is 4.79 Å². The summed E-state index contributed by atoms with van der Waals surface area (Å²) in [4.78, 5) is 26.2. The Balaban J connectivity index is 0.000000532. The minimum absolute atomic E-state index is 0.0230. The van der Waals surface area contributed by atoms with Crippen molar-refractivity contribution in [2.45, 2.75) is 189 Å². The second-order valence-corrected chi connectivity index (χ2v) is 19.1. The van der Waals surface area contributed by atoms with Crippen LogP contribution in [0.1, 0.15) is 190 Å². The molecule has 4 rings (SSSR count). The van der Waals surface area contributed by atoms with Crippen LogP contribution in [0, 0.1) is 32.1 Å². The molecule has 0 aromatic heterocycles. The standard InChI is InChI=1S/C24H41N3O2.C19H30O5.C8H10O2.C7H8O2/c1-5-7-8-9-10-11-12-13-14-15-18-26-23(28)21(19-25)16-17-22-27(6-2)24(3,4)20-29-22;1-2-3-4-5-6-7-8-9-10-11-12-24-19(23)15-13-16(20)18(22)17(21)14-15;1-5-3-8(10)6(2)4-7(5)9;1-5-4-6(8)2-3-7(5)9/h16-17H,5-15,18,20H2,1-4H3,(H,26,28);13-14,20-22H,2-12H2,1H3;3-4,9-10H,1-2H3;2-4,8-9H,1H3/b21-16-,22-17-;;;. The Hall–Kier alpha value is -6.23. The Kier molecular flexibility index (Phi) is 32.5. The highest BCUT2D eigenvalue weighted by Gasteiger charge is 2.35. The molecule has 14 heteroatoms. The van der Waals surface area contributed by atoms with Gasteiger partial charge < -0.3 is 55.4 Å². The van der Waals surface area contributed by atoms with E-state index in [9.17, 15) is 30.2 Å². The number of rotatable bonds is 26. The first-order valence-electron chi connectivity index (χ1n) is 26.2. The first kappa shape index (κ1) is 63.8. The third-order valence-corrected chi connectivity index (χ3v) is 12.2. The van der Waals surface area contributed by atoms with Crippen molar-refractivity contribution in [1.82, 2.24) is 10.2 Å². The zero-order valence-corrected chi connectivity index (χ0v) is 44.8. The van der Waals surface area contributed by atoms with E-state index in [0.29, 0.717) is 42.3 Å². The number of carbonyl (C=O) groups is 2. The summed E-state index contributed by atoms with van der Waals surface area (Å²) in [5.41, 5.74) is 2.16. The number of aryl methyl sites for hydroxylation is 3. The lowest BCUT2D eigenvalue weighted by Gasteiger charge is -2.28. The molecule has 0 bridgehead atoms. The highest BCUT2D eigenvalue weighted by atomic mass is 16.5. The first-order valence-corrected chi connectivity index (χ1v) is 26.2. The van der Waals surface area contributed by atoms with Gasteiger partial charge in [0.25, 0.3) is 5.91 Å². The number of hydrogen-bond donors (Lipinski definition) is 8. The van der Waals surface area contributed by atoms with Gasteiger partial charge in [0.1, 0.15) is 41.2 Å². The van der Waals surface area contributed by atoms with Gasteiger partial charge in [0.2, 0.25) is 0 Å². The van der Waals surface area contributed by atoms with Crippen molar-refractivity contribution in [1.29, 1.82) is 5.26 Å². The fourth-order valence-electron chi connectivity index (χ4n) is 7.64. The quantitative estimate of drug-likeness (QED) is 0.00935. The van der Waals surface area contributed by atoms with E-state index in [1.165, 1.54) is 115 Å². The minimum Gasteiger partial charge on any atom is -0.508 e. The summed E-state index contributed by atoms with van der Waals surface area (Å²) in [5.74, 6) is -1.06. The summed E-state index contributed by atoms with van der Waals surface area (Å²) in [6.45, 7) is 18.4. The zero-order chi connectivity index (χ0) is 53.9. The molecule has 8 N–H and O–H groups in total. The molecule has 0 saturated carbocycles. The van der Waals surface area contributed by atoms with Crippen molar-refractivity contribution >= 4 is 11.9 Å². The van der Waals surface area contributed by atoms with Crippen LogP contribution in [0.15, 0.2) is 66.1 Å². The van der Waals surface area contributed by atoms with Crippen molar-refractivity contribution in [3.63, 3.8) is 0 Å². The van der Waals surface area contributed by atoms with Gasteiger partial charge in [-0.25, -0.2) is 4.79 Å². The molecule has 402 valence electrons. The Morgan fingerprint density at radius 2 is 1.11 bits per heavy atom. The van der Waals surface area contributed by atoms with Crippen molar-refractivity contribution < 1.29 is 54.8 Å². The second-order valence-electron chi connectivity index (χ2n) is 19.1. The maximum atomic E-state index is 12.2. The summed E-state index contributed by atoms with van der Waals surface area (Å²) < 4.78 is 10.8. The molecule has 0 radical (unpaired) electrons. The van der Waals surface area contributed by atoms with Gasteiger partial charge in [-0.05, 0) is 126 Å². The molecule has 3 aromatic carbocycles. The van der Waals surface area contributed by atoms with Crippen LogP contribution in [-0.4, -0.2) is 84.4 Å². The number of phenolic OH excluding ortho intramolecular Hbond substituents is 7. The lowest BCUT2D eigenvalue weighted by atomic mass is 10.1. The smallest absolute Gasteiger partial charge is 0.338 e. The van der Waals surface area contributed by atoms with Crippen LogP contribution in [0.5, 0.6) is 40.2 Å². The molecule has 1 aliphatic rings. The fraction of sp³-hybridized carbons (Fsp3) is 0.569. The Morgan fingerprint density at radius 3 is 1.56 bits per heavy atom. The predicted molar refractivity (Wildman–Crippen MR) is 286 cm³/mol. The lowest BCUT2D eigenvalue weighted by molar-refractivity contribution is -0.117. The third kappa shape index (κ3) is 26.3. The van der Waals surface area contributed by atoms with E-state index >= 15 is 0 Å². The van der Waals surface area contributed by atoms with Crippen molar-refractivity contribution in [2.24, 2.45) is 0 Å². The Labute approximate surface area is 431 Å². The summed E-state index contributed by atoms with van der Waals surface area (Å²) >= 11 is 0. The number of amides is 1. The number of allylic oxidation sites excluding steroid dienone is 2. The van der Waals surface area contributed by atoms with Gasteiger partial charge in [0.05, 0.1) is 17.7 Å². The first-order chi connectivity index (χ1) is 34.3. The zero-order valence-electron chi connectivity index (χ0n) is 44.8. The fourth-order valence-corrected chi connectivity index (χ4v) is 7.64. The van der Waals surface area contributed by atoms with Gasteiger partial charge in [-0.1, -0.05) is 129 Å². The number of nitrogens with zero attached hydrogens (tertiary/aromatic N) is 2. The monoisotopic (exact) mass is 1000 g/mol. The molecule has 3 aromatic rings. The number of benzene rings is 3. The molecule has 72 heavy (non-hydrogen) atoms. The molecule has 1 heterocycles. The lowest BCUT2D eigenvalue weighted by Crippen LogP contribution is -2.39. The van der Waals surface area contributed by atoms with E-state index in [2.05, 4.69) is 44.8 Å². The summed E-state index contributed by atoms with van der Waals surface area (Å²) in [6, 6.07) is 11.7. The number of nitriles is 1. The number of ether oxygens (including phenoxy) is 2. The predicted octanol–water partition coefficient (Wildman–Crippen LogP) is 13.4. The summed E-state index contributed by atoms with van der Waals surface area (Å²) in [7, 11) is 0. The molecule has 1 aliphatic heterocycles. The largest absolute Gasteiger partial charge is 0.508 e. The van der Waals surface area contributed by atoms with E-state index in [4.69, 9.17) is 29.9 Å². The number of esters is 1. The van der Waals surface area contributed by atoms with Gasteiger partial charge in [0, 0.05) is 13.1 Å². The molecule has 1 amide bonds. The van der Waals surface area contributed by atoms with E-state index in [1.54, 1.807) is 45.1 Å². The van der Waals surface area contributed by atoms with Gasteiger partial charge in [-0.15, -0.1) is 0 Å². The average Bonchev–Trinajstić information content (AvgIpc) is 3.64. The average molecular weight is 1000 g/mol. The molecule has 0 spiro atoms. The van der Waals surface area contributed by atoms with Gasteiger partial charge >= 0.3 is 5.97 Å². The molecule has 0 atom stereocenters. The van der Waals surface area contributed by atoms with E-state index in [-0.39, 0.29) is 45.6 Å². The Morgan fingerprint density at radius 1 is 0.653 bits per heavy atom. The number of nitrogens with one attached hydrogen (secondary N) is 1. The van der Waals surface area contributed by atoms with E-state index in [0.717, 1.165) is 50.8 Å². The van der Waals surface area contributed by atoms with Crippen LogP contribution in [0.2, 0.25) is 0 Å². The number of likely N-dealkylation sites (N-methyl/N-ethyl adjacent to an activating group) is 1. The number of aromatic hydroxyl groups is 7. The SMILES string of the molecule is CCCCCCCCCCCCNC(=O)/C(C#N)=C\C=C1/OCC(C)(C)N1CC.CCCCCCCCCCCCOC(=O)c1cc(O)c(O)c(O)c1.Cc1cc(O)c(C)cc1O.Cc1cc(O)ccc1O. The van der Waals surface area contributed by atoms with Crippen LogP contribution >= 0.6 is 0 Å². The number of hydrogen-bond acceptors (Lipinski definition) is 13. The van der Waals surface area contributed by atoms with Crippen molar-refractivity contribution in [3.8, 4) is 46.3 Å². The molecular formula is C58H89N3O11. The molecule has 1 saturated heterocycles. The highest BCUT2D eigenvalue weighted by Crippen LogP contribution is 2.35. The van der Waals surface area contributed by atoms with Crippen molar-refractivity contribution in [3.05, 3.63) is 88.3 Å². The van der Waals surface area contributed by atoms with Crippen LogP contribution in [-0.2, 0) is 14.3 Å². The van der Waals surface area contributed by atoms with Gasteiger partial charge in [-0.2, -0.15) is 5.26 Å². The molecular weight excluding hydrogens is 915 g/mol. The molecule has 0 aliphatic carbocycles. The Bertz CT molecular complexity index is 2070. The second kappa shape index (κ2) is 36.7. The highest BCUT2D eigenvalue weighted by molar-refractivity contribution is 5.97. The van der Waals surface area contributed by atoms with Crippen LogP contribution in [0.25, 0.3) is 0 Å². The number of phenols is 7. The van der Waals surface area contributed by atoms with Crippen LogP contribution in [0.4, 0.5) is 0 Å². The topological polar surface area (TPSA) is 233 Å². The molecule has 1 fully saturated rings. The maximum Gasteiger partial charge on any atom is 0.338 e. The third-order valence-electron chi connectivity index (χ3n) is 12.2. The number of carbonyl (C=O) groups excluding carboxylic acids is 2. The van der Waals surface area contributed by atoms with Crippen molar-refractivity contribution in [2.75, 3.05) is 26.3 Å². The summed E-state index contributed by atoms with van der Waals surface area (Å²) in [5, 5.41) is 76.1.